The summed E-state index contributed by atoms with van der Waals surface area (Å²) in [6, 6.07) is 5.13. The van der Waals surface area contributed by atoms with Crippen LogP contribution in [0.3, 0.4) is 0 Å². The molecule has 0 saturated carbocycles. The molecule has 5 heteroatoms. The van der Waals surface area contributed by atoms with E-state index in [1.165, 1.54) is 7.11 Å². The van der Waals surface area contributed by atoms with Gasteiger partial charge in [-0.15, -0.1) is 0 Å². The van der Waals surface area contributed by atoms with E-state index in [1.807, 2.05) is 0 Å². The van der Waals surface area contributed by atoms with E-state index in [9.17, 15) is 5.11 Å². The van der Waals surface area contributed by atoms with Crippen molar-refractivity contribution < 1.29 is 14.6 Å². The van der Waals surface area contributed by atoms with E-state index in [4.69, 9.17) is 14.7 Å². The van der Waals surface area contributed by atoms with E-state index in [0.29, 0.717) is 36.6 Å². The number of hydrogen-bond donors (Lipinski definition) is 2. The van der Waals surface area contributed by atoms with Crippen molar-refractivity contribution in [2.24, 2.45) is 0 Å². The van der Waals surface area contributed by atoms with Crippen LogP contribution < -0.4 is 10.1 Å². The minimum atomic E-state index is -0.173. The van der Waals surface area contributed by atoms with Crippen molar-refractivity contribution in [1.82, 2.24) is 5.32 Å². The smallest absolute Gasteiger partial charge is 0.163 e. The molecule has 0 spiro atoms. The quantitative estimate of drug-likeness (QED) is 0.796. The summed E-state index contributed by atoms with van der Waals surface area (Å²) in [5.41, 5.74) is 0.984. The summed E-state index contributed by atoms with van der Waals surface area (Å²) < 4.78 is 10.4. The van der Waals surface area contributed by atoms with Gasteiger partial charge in [-0.05, 0) is 12.1 Å². The van der Waals surface area contributed by atoms with Gasteiger partial charge in [-0.25, -0.2) is 0 Å². The molecule has 1 aromatic rings. The molecule has 0 bridgehead atoms. The van der Waals surface area contributed by atoms with Crippen molar-refractivity contribution >= 4 is 0 Å². The average molecular weight is 234 g/mol. The average Bonchev–Trinajstić information content (AvgIpc) is 2.39. The van der Waals surface area contributed by atoms with Gasteiger partial charge in [0.15, 0.2) is 11.5 Å². The number of phenols is 1. The highest BCUT2D eigenvalue weighted by Gasteiger charge is 2.24. The number of benzene rings is 1. The number of aromatic hydroxyl groups is 1. The maximum absolute atomic E-state index is 10.1. The second-order valence-corrected chi connectivity index (χ2v) is 3.77. The molecule has 1 fully saturated rings. The summed E-state index contributed by atoms with van der Waals surface area (Å²) in [5, 5.41) is 22.4. The van der Waals surface area contributed by atoms with Crippen LogP contribution in [0.4, 0.5) is 0 Å². The normalized spacial score (nSPS) is 19.6. The van der Waals surface area contributed by atoms with Crippen LogP contribution in [-0.4, -0.2) is 32.0 Å². The van der Waals surface area contributed by atoms with Gasteiger partial charge in [-0.3, -0.25) is 0 Å². The molecule has 0 amide bonds. The molecule has 0 radical (unpaired) electrons. The molecule has 2 rings (SSSR count). The zero-order valence-corrected chi connectivity index (χ0v) is 9.56. The first-order valence-corrected chi connectivity index (χ1v) is 5.39. The first-order valence-electron chi connectivity index (χ1n) is 5.39. The lowest BCUT2D eigenvalue weighted by Gasteiger charge is -2.26. The van der Waals surface area contributed by atoms with Crippen LogP contribution in [0, 0.1) is 11.3 Å². The fourth-order valence-electron chi connectivity index (χ4n) is 1.95. The third-order valence-corrected chi connectivity index (χ3v) is 2.79. The Labute approximate surface area is 99.6 Å². The summed E-state index contributed by atoms with van der Waals surface area (Å²) in [7, 11) is 1.48. The Kier molecular flexibility index (Phi) is 3.47. The lowest BCUT2D eigenvalue weighted by Crippen LogP contribution is -2.35. The van der Waals surface area contributed by atoms with Gasteiger partial charge in [-0.1, -0.05) is 0 Å². The van der Waals surface area contributed by atoms with Gasteiger partial charge < -0.3 is 19.9 Å². The van der Waals surface area contributed by atoms with E-state index in [0.717, 1.165) is 0 Å². The number of rotatable bonds is 2. The molecule has 90 valence electrons. The lowest BCUT2D eigenvalue weighted by molar-refractivity contribution is 0.0759. The van der Waals surface area contributed by atoms with E-state index >= 15 is 0 Å². The predicted octanol–water partition coefficient (Wildman–Crippen LogP) is 0.933. The number of nitriles is 1. The molecule has 0 aromatic heterocycles. The number of nitrogens with zero attached hydrogens (tertiary/aromatic N) is 1. The van der Waals surface area contributed by atoms with Gasteiger partial charge in [0.1, 0.15) is 0 Å². The van der Waals surface area contributed by atoms with Gasteiger partial charge >= 0.3 is 0 Å². The lowest BCUT2D eigenvalue weighted by atomic mass is 9.99. The van der Waals surface area contributed by atoms with Crippen LogP contribution in [-0.2, 0) is 4.74 Å². The molecule has 0 unspecified atom stereocenters. The minimum absolute atomic E-state index is 0.00884. The van der Waals surface area contributed by atoms with Crippen molar-refractivity contribution in [2.75, 3.05) is 26.9 Å². The van der Waals surface area contributed by atoms with Crippen molar-refractivity contribution in [3.05, 3.63) is 23.3 Å². The molecular formula is C12H14N2O3. The zero-order valence-electron chi connectivity index (χ0n) is 9.56. The largest absolute Gasteiger partial charge is 0.504 e. The van der Waals surface area contributed by atoms with E-state index in [1.54, 1.807) is 12.1 Å². The van der Waals surface area contributed by atoms with Crippen molar-refractivity contribution in [2.45, 2.75) is 6.04 Å². The Morgan fingerprint density at radius 1 is 1.59 bits per heavy atom. The second-order valence-electron chi connectivity index (χ2n) is 3.77. The van der Waals surface area contributed by atoms with E-state index in [2.05, 4.69) is 11.4 Å². The van der Waals surface area contributed by atoms with Crippen molar-refractivity contribution in [1.29, 1.82) is 5.26 Å². The van der Waals surface area contributed by atoms with Crippen molar-refractivity contribution in [3.8, 4) is 17.6 Å². The third kappa shape index (κ3) is 2.18. The predicted molar refractivity (Wildman–Crippen MR) is 60.9 cm³/mol. The SMILES string of the molecule is COc1ccc(C#N)c([C@H]2COCCN2)c1O. The number of methoxy groups -OCH3 is 1. The molecule has 5 nitrogen and oxygen atoms in total. The summed E-state index contributed by atoms with van der Waals surface area (Å²) in [6.45, 7) is 1.78. The summed E-state index contributed by atoms with van der Waals surface area (Å²) >= 11 is 0. The second kappa shape index (κ2) is 5.04. The topological polar surface area (TPSA) is 74.5 Å². The molecule has 1 saturated heterocycles. The van der Waals surface area contributed by atoms with Crippen LogP contribution in [0.25, 0.3) is 0 Å². The van der Waals surface area contributed by atoms with Crippen molar-refractivity contribution in [3.63, 3.8) is 0 Å². The van der Waals surface area contributed by atoms with Crippen LogP contribution in [0.1, 0.15) is 17.2 Å². The molecule has 1 heterocycles. The molecule has 2 N–H and O–H groups in total. The van der Waals surface area contributed by atoms with E-state index in [-0.39, 0.29) is 11.8 Å². The highest BCUT2D eigenvalue weighted by atomic mass is 16.5. The standard InChI is InChI=1S/C12H14N2O3/c1-16-10-3-2-8(6-13)11(12(10)15)9-7-17-5-4-14-9/h2-3,9,14-15H,4-5,7H2,1H3/t9-/m1/s1. The molecule has 17 heavy (non-hydrogen) atoms. The summed E-state index contributed by atoms with van der Waals surface area (Å²) in [5.74, 6) is 0.376. The molecule has 0 aliphatic carbocycles. The maximum atomic E-state index is 10.1. The monoisotopic (exact) mass is 234 g/mol. The molecular weight excluding hydrogens is 220 g/mol. The Bertz CT molecular complexity index is 448. The Morgan fingerprint density at radius 2 is 2.41 bits per heavy atom. The Hall–Kier alpha value is -1.77. The van der Waals surface area contributed by atoms with Gasteiger partial charge in [-0.2, -0.15) is 5.26 Å². The number of hydrogen-bond acceptors (Lipinski definition) is 5. The first kappa shape index (κ1) is 11.7. The van der Waals surface area contributed by atoms with Crippen LogP contribution in [0.2, 0.25) is 0 Å². The molecule has 1 aromatic carbocycles. The summed E-state index contributed by atoms with van der Waals surface area (Å²) in [6.07, 6.45) is 0. The highest BCUT2D eigenvalue weighted by Crippen LogP contribution is 2.36. The number of morpholine rings is 1. The minimum Gasteiger partial charge on any atom is -0.504 e. The maximum Gasteiger partial charge on any atom is 0.163 e. The first-order chi connectivity index (χ1) is 8.27. The fraction of sp³-hybridized carbons (Fsp3) is 0.417. The van der Waals surface area contributed by atoms with Gasteiger partial charge in [0.2, 0.25) is 0 Å². The number of ether oxygens (including phenoxy) is 2. The molecule has 1 aliphatic heterocycles. The van der Waals surface area contributed by atoms with E-state index < -0.39 is 0 Å². The van der Waals surface area contributed by atoms with Crippen LogP contribution >= 0.6 is 0 Å². The number of phenolic OH excluding ortho intramolecular Hbond substituents is 1. The summed E-state index contributed by atoms with van der Waals surface area (Å²) in [4.78, 5) is 0. The number of nitrogens with one attached hydrogen (secondary N) is 1. The van der Waals surface area contributed by atoms with Crippen LogP contribution in [0.5, 0.6) is 11.5 Å². The van der Waals surface area contributed by atoms with Crippen LogP contribution in [0.15, 0.2) is 12.1 Å². The Morgan fingerprint density at radius 3 is 3.00 bits per heavy atom. The molecule has 1 aliphatic rings. The van der Waals surface area contributed by atoms with Gasteiger partial charge in [0.05, 0.1) is 38.0 Å². The zero-order chi connectivity index (χ0) is 12.3. The van der Waals surface area contributed by atoms with Gasteiger partial charge in [0, 0.05) is 12.1 Å². The Balaban J connectivity index is 2.45. The highest BCUT2D eigenvalue weighted by molar-refractivity contribution is 5.55. The molecule has 1 atom stereocenters. The fourth-order valence-corrected chi connectivity index (χ4v) is 1.95. The van der Waals surface area contributed by atoms with Gasteiger partial charge in [0.25, 0.3) is 0 Å². The third-order valence-electron chi connectivity index (χ3n) is 2.79.